The van der Waals surface area contributed by atoms with Crippen molar-refractivity contribution in [2.45, 2.75) is 26.7 Å². The summed E-state index contributed by atoms with van der Waals surface area (Å²) in [6, 6.07) is 7.20. The van der Waals surface area contributed by atoms with E-state index in [0.29, 0.717) is 24.9 Å². The van der Waals surface area contributed by atoms with Gasteiger partial charge in [-0.15, -0.1) is 0 Å². The monoisotopic (exact) mass is 471 g/mol. The zero-order valence-electron chi connectivity index (χ0n) is 19.2. The molecular formula is C24H27F2N5O3. The van der Waals surface area contributed by atoms with E-state index in [9.17, 15) is 23.5 Å². The molecule has 2 heterocycles. The summed E-state index contributed by atoms with van der Waals surface area (Å²) in [7, 11) is 1.69. The van der Waals surface area contributed by atoms with Gasteiger partial charge in [-0.05, 0) is 43.5 Å². The first-order chi connectivity index (χ1) is 16.1. The van der Waals surface area contributed by atoms with Crippen molar-refractivity contribution < 1.29 is 23.5 Å². The number of carbonyl (C=O) groups excluding carboxylic acids is 1. The predicted molar refractivity (Wildman–Crippen MR) is 123 cm³/mol. The Morgan fingerprint density at radius 3 is 2.62 bits per heavy atom. The Morgan fingerprint density at radius 1 is 1.24 bits per heavy atom. The number of benzene rings is 1. The summed E-state index contributed by atoms with van der Waals surface area (Å²) in [6.45, 7) is 3.41. The molecule has 3 N–H and O–H groups in total. The predicted octanol–water partition coefficient (Wildman–Crippen LogP) is 3.65. The molecule has 0 aliphatic rings. The fourth-order valence-corrected chi connectivity index (χ4v) is 3.28. The van der Waals surface area contributed by atoms with Crippen LogP contribution in [0.2, 0.25) is 0 Å². The van der Waals surface area contributed by atoms with Crippen LogP contribution < -0.4 is 10.6 Å². The molecule has 0 bridgehead atoms. The van der Waals surface area contributed by atoms with E-state index in [1.54, 1.807) is 32.3 Å². The van der Waals surface area contributed by atoms with Crippen molar-refractivity contribution in [3.05, 3.63) is 65.5 Å². The summed E-state index contributed by atoms with van der Waals surface area (Å²) < 4.78 is 29.9. The van der Waals surface area contributed by atoms with E-state index in [1.807, 2.05) is 0 Å². The van der Waals surface area contributed by atoms with Crippen molar-refractivity contribution in [2.24, 2.45) is 12.5 Å². The third kappa shape index (κ3) is 5.75. The summed E-state index contributed by atoms with van der Waals surface area (Å²) in [6.07, 6.45) is 3.80. The van der Waals surface area contributed by atoms with Crippen molar-refractivity contribution in [3.63, 3.8) is 0 Å². The Balaban J connectivity index is 1.87. The number of carbonyl (C=O) groups is 2. The van der Waals surface area contributed by atoms with Crippen LogP contribution in [0.1, 0.15) is 36.2 Å². The van der Waals surface area contributed by atoms with Crippen molar-refractivity contribution in [1.82, 2.24) is 20.1 Å². The maximum absolute atomic E-state index is 14.9. The lowest BCUT2D eigenvalue weighted by Crippen LogP contribution is -2.40. The average Bonchev–Trinajstić information content (AvgIpc) is 3.23. The van der Waals surface area contributed by atoms with Gasteiger partial charge in [-0.25, -0.2) is 13.8 Å². The summed E-state index contributed by atoms with van der Waals surface area (Å²) in [5, 5.41) is 19.1. The molecular weight excluding hydrogens is 444 g/mol. The maximum Gasteiger partial charge on any atom is 0.311 e. The lowest BCUT2D eigenvalue weighted by atomic mass is 9.87. The quantitative estimate of drug-likeness (QED) is 0.417. The fraction of sp³-hybridized carbons (Fsp3) is 0.333. The zero-order valence-corrected chi connectivity index (χ0v) is 19.2. The van der Waals surface area contributed by atoms with E-state index in [0.717, 1.165) is 11.6 Å². The molecule has 0 spiro atoms. The number of hydrogen-bond donors (Lipinski definition) is 3. The Hall–Kier alpha value is -3.82. The van der Waals surface area contributed by atoms with Crippen LogP contribution in [-0.4, -0.2) is 44.8 Å². The molecule has 3 rings (SSSR count). The molecule has 0 radical (unpaired) electrons. The molecule has 10 heteroatoms. The molecule has 1 amide bonds. The number of pyridine rings is 1. The number of carboxylic acid groups (broad SMARTS) is 1. The maximum atomic E-state index is 14.9. The first kappa shape index (κ1) is 24.8. The van der Waals surface area contributed by atoms with Crippen LogP contribution in [0.15, 0.2) is 42.7 Å². The molecule has 180 valence electrons. The minimum absolute atomic E-state index is 0.0156. The average molecular weight is 472 g/mol. The molecule has 2 aromatic heterocycles. The third-order valence-corrected chi connectivity index (χ3v) is 5.73. The van der Waals surface area contributed by atoms with Crippen LogP contribution in [0.3, 0.4) is 0 Å². The number of amides is 1. The second-order valence-corrected chi connectivity index (χ2v) is 8.33. The van der Waals surface area contributed by atoms with Gasteiger partial charge in [-0.2, -0.15) is 5.10 Å². The number of carboxylic acids is 1. The summed E-state index contributed by atoms with van der Waals surface area (Å²) in [4.78, 5) is 28.8. The number of hydrogen-bond acceptors (Lipinski definition) is 5. The van der Waals surface area contributed by atoms with E-state index in [2.05, 4.69) is 20.7 Å². The lowest BCUT2D eigenvalue weighted by Gasteiger charge is -2.23. The minimum Gasteiger partial charge on any atom is -0.481 e. The first-order valence-electron chi connectivity index (χ1n) is 10.8. The van der Waals surface area contributed by atoms with Gasteiger partial charge in [0.25, 0.3) is 5.91 Å². The molecule has 0 unspecified atom stereocenters. The van der Waals surface area contributed by atoms with Gasteiger partial charge in [-0.1, -0.05) is 19.1 Å². The number of aromatic nitrogens is 3. The summed E-state index contributed by atoms with van der Waals surface area (Å²) in [5.41, 5.74) is -0.0321. The van der Waals surface area contributed by atoms with Crippen LogP contribution in [0.5, 0.6) is 0 Å². The molecule has 0 saturated carbocycles. The van der Waals surface area contributed by atoms with Gasteiger partial charge in [-0.3, -0.25) is 14.3 Å². The van der Waals surface area contributed by atoms with Crippen LogP contribution in [0.4, 0.5) is 14.6 Å². The van der Waals surface area contributed by atoms with E-state index in [1.165, 1.54) is 29.9 Å². The van der Waals surface area contributed by atoms with Gasteiger partial charge < -0.3 is 15.7 Å². The molecule has 34 heavy (non-hydrogen) atoms. The topological polar surface area (TPSA) is 109 Å². The number of halogens is 2. The normalized spacial score (nSPS) is 12.7. The number of anilines is 1. The van der Waals surface area contributed by atoms with Crippen molar-refractivity contribution in [3.8, 4) is 11.3 Å². The summed E-state index contributed by atoms with van der Waals surface area (Å²) in [5.74, 6) is -2.64. The highest BCUT2D eigenvalue weighted by atomic mass is 19.1. The smallest absolute Gasteiger partial charge is 0.311 e. The standard InChI is InChI=1S/C24H27F2N5O3/c1-4-24(2,23(33)34)14-28-22(32)18-11-19(26)20(16-12-29-31(3)13-16)30-21(18)27-9-8-15-6-5-7-17(25)10-15/h5-7,10-13H,4,8-9,14H2,1-3H3,(H,27,30)(H,28,32)(H,33,34)/t24-/m1/s1. The molecule has 8 nitrogen and oxygen atoms in total. The SMILES string of the molecule is CC[C@](C)(CNC(=O)c1cc(F)c(-c2cnn(C)c2)nc1NCCc1cccc(F)c1)C(=O)O. The second kappa shape index (κ2) is 10.4. The Morgan fingerprint density at radius 2 is 2.00 bits per heavy atom. The van der Waals surface area contributed by atoms with E-state index >= 15 is 0 Å². The van der Waals surface area contributed by atoms with Crippen LogP contribution in [0, 0.1) is 17.0 Å². The lowest BCUT2D eigenvalue weighted by molar-refractivity contribution is -0.147. The largest absolute Gasteiger partial charge is 0.481 e. The highest BCUT2D eigenvalue weighted by Gasteiger charge is 2.32. The highest BCUT2D eigenvalue weighted by Crippen LogP contribution is 2.26. The molecule has 0 aliphatic carbocycles. The van der Waals surface area contributed by atoms with E-state index in [4.69, 9.17) is 0 Å². The van der Waals surface area contributed by atoms with Crippen LogP contribution in [-0.2, 0) is 18.3 Å². The Bertz CT molecular complexity index is 1200. The van der Waals surface area contributed by atoms with Crippen molar-refractivity contribution >= 4 is 17.7 Å². The molecule has 1 atom stereocenters. The number of aliphatic carboxylic acids is 1. The molecule has 0 fully saturated rings. The summed E-state index contributed by atoms with van der Waals surface area (Å²) >= 11 is 0. The third-order valence-electron chi connectivity index (χ3n) is 5.73. The zero-order chi connectivity index (χ0) is 24.9. The molecule has 0 aliphatic heterocycles. The van der Waals surface area contributed by atoms with Crippen LogP contribution in [0.25, 0.3) is 11.3 Å². The van der Waals surface area contributed by atoms with E-state index in [-0.39, 0.29) is 29.4 Å². The van der Waals surface area contributed by atoms with E-state index < -0.39 is 23.1 Å². The highest BCUT2D eigenvalue weighted by molar-refractivity contribution is 5.99. The minimum atomic E-state index is -1.16. The fourth-order valence-electron chi connectivity index (χ4n) is 3.28. The molecule has 3 aromatic rings. The number of aryl methyl sites for hydroxylation is 1. The first-order valence-corrected chi connectivity index (χ1v) is 10.8. The number of rotatable bonds is 10. The van der Waals surface area contributed by atoms with Gasteiger partial charge in [0.05, 0.1) is 17.2 Å². The Kier molecular flexibility index (Phi) is 7.60. The second-order valence-electron chi connectivity index (χ2n) is 8.33. The molecule has 1 aromatic carbocycles. The van der Waals surface area contributed by atoms with Gasteiger partial charge >= 0.3 is 5.97 Å². The van der Waals surface area contributed by atoms with Crippen molar-refractivity contribution in [1.29, 1.82) is 0 Å². The number of nitrogens with one attached hydrogen (secondary N) is 2. The van der Waals surface area contributed by atoms with Crippen LogP contribution >= 0.6 is 0 Å². The van der Waals surface area contributed by atoms with Crippen molar-refractivity contribution in [2.75, 3.05) is 18.4 Å². The van der Waals surface area contributed by atoms with Gasteiger partial charge in [0.2, 0.25) is 0 Å². The number of nitrogens with zero attached hydrogens (tertiary/aromatic N) is 3. The van der Waals surface area contributed by atoms with Gasteiger partial charge in [0.1, 0.15) is 17.3 Å². The Labute approximate surface area is 196 Å². The molecule has 0 saturated heterocycles. The van der Waals surface area contributed by atoms with Gasteiger partial charge in [0.15, 0.2) is 5.82 Å². The van der Waals surface area contributed by atoms with Gasteiger partial charge in [0, 0.05) is 31.9 Å².